The van der Waals surface area contributed by atoms with Crippen LogP contribution in [-0.2, 0) is 7.05 Å². The Balaban J connectivity index is 2.31. The number of nitrogens with zero attached hydrogens (tertiary/aromatic N) is 4. The first-order chi connectivity index (χ1) is 8.45. The van der Waals surface area contributed by atoms with Gasteiger partial charge < -0.3 is 5.32 Å². The lowest BCUT2D eigenvalue weighted by molar-refractivity contribution is 0.756. The molecule has 0 bridgehead atoms. The van der Waals surface area contributed by atoms with Crippen molar-refractivity contribution in [3.8, 4) is 0 Å². The normalized spacial score (nSPS) is 11.0. The summed E-state index contributed by atoms with van der Waals surface area (Å²) in [7, 11) is 1.90. The van der Waals surface area contributed by atoms with Gasteiger partial charge in [-0.1, -0.05) is 13.8 Å². The van der Waals surface area contributed by atoms with Crippen molar-refractivity contribution in [3.05, 3.63) is 28.4 Å². The fourth-order valence-corrected chi connectivity index (χ4v) is 2.02. The van der Waals surface area contributed by atoms with Crippen LogP contribution in [0.15, 0.2) is 16.9 Å². The second kappa shape index (κ2) is 5.06. The Labute approximate surface area is 115 Å². The maximum atomic E-state index is 4.49. The van der Waals surface area contributed by atoms with Crippen LogP contribution in [0.25, 0.3) is 0 Å². The Kier molecular flexibility index (Phi) is 3.65. The van der Waals surface area contributed by atoms with Crippen molar-refractivity contribution in [2.24, 2.45) is 7.05 Å². The molecule has 0 amide bonds. The van der Waals surface area contributed by atoms with Crippen LogP contribution in [0, 0.1) is 6.92 Å². The summed E-state index contributed by atoms with van der Waals surface area (Å²) in [6.07, 6.45) is 1.93. The summed E-state index contributed by atoms with van der Waals surface area (Å²) in [4.78, 5) is 8.84. The van der Waals surface area contributed by atoms with E-state index in [2.05, 4.69) is 50.2 Å². The summed E-state index contributed by atoms with van der Waals surface area (Å²) >= 11 is 3.41. The summed E-state index contributed by atoms with van der Waals surface area (Å²) in [5.74, 6) is 1.88. The monoisotopic (exact) mass is 309 g/mol. The lowest BCUT2D eigenvalue weighted by Crippen LogP contribution is -2.02. The molecule has 2 aromatic rings. The van der Waals surface area contributed by atoms with Gasteiger partial charge in [0, 0.05) is 25.2 Å². The Morgan fingerprint density at radius 2 is 2.06 bits per heavy atom. The highest BCUT2D eigenvalue weighted by Crippen LogP contribution is 2.22. The van der Waals surface area contributed by atoms with Gasteiger partial charge in [-0.3, -0.25) is 4.68 Å². The number of halogens is 1. The highest BCUT2D eigenvalue weighted by atomic mass is 79.9. The summed E-state index contributed by atoms with van der Waals surface area (Å²) < 4.78 is 2.56. The topological polar surface area (TPSA) is 55.6 Å². The molecule has 0 fully saturated rings. The van der Waals surface area contributed by atoms with Gasteiger partial charge in [-0.15, -0.1) is 0 Å². The molecule has 18 heavy (non-hydrogen) atoms. The van der Waals surface area contributed by atoms with Gasteiger partial charge in [0.25, 0.3) is 0 Å². The largest absolute Gasteiger partial charge is 0.337 e. The highest BCUT2D eigenvalue weighted by Gasteiger charge is 2.09. The van der Waals surface area contributed by atoms with E-state index >= 15 is 0 Å². The Hall–Kier alpha value is -1.43. The summed E-state index contributed by atoms with van der Waals surface area (Å²) in [6.45, 7) is 6.10. The average molecular weight is 310 g/mol. The molecule has 0 atom stereocenters. The van der Waals surface area contributed by atoms with Gasteiger partial charge in [0.05, 0.1) is 11.4 Å². The van der Waals surface area contributed by atoms with Crippen LogP contribution in [0.1, 0.15) is 31.3 Å². The second-order valence-corrected chi connectivity index (χ2v) is 5.33. The first-order valence-electron chi connectivity index (χ1n) is 5.77. The standard InChI is InChI=1S/C12H16BrN5/c1-7(2)12-15-10(13)5-11(16-12)14-9-6-18(4)17-8(9)3/h5-7H,1-4H3,(H,14,15,16). The predicted molar refractivity (Wildman–Crippen MR) is 75.0 cm³/mol. The molecule has 0 saturated carbocycles. The molecule has 0 aliphatic rings. The Morgan fingerprint density at radius 1 is 1.33 bits per heavy atom. The average Bonchev–Trinajstić information content (AvgIpc) is 2.56. The minimum atomic E-state index is 0.290. The van der Waals surface area contributed by atoms with E-state index in [-0.39, 0.29) is 5.92 Å². The highest BCUT2D eigenvalue weighted by molar-refractivity contribution is 9.10. The van der Waals surface area contributed by atoms with E-state index in [1.54, 1.807) is 4.68 Å². The molecule has 96 valence electrons. The third-order valence-corrected chi connectivity index (χ3v) is 2.91. The minimum Gasteiger partial charge on any atom is -0.337 e. The van der Waals surface area contributed by atoms with E-state index in [0.29, 0.717) is 0 Å². The van der Waals surface area contributed by atoms with E-state index < -0.39 is 0 Å². The van der Waals surface area contributed by atoms with Crippen LogP contribution >= 0.6 is 15.9 Å². The molecule has 0 aromatic carbocycles. The predicted octanol–water partition coefficient (Wildman–Crippen LogP) is 3.15. The Morgan fingerprint density at radius 3 is 2.61 bits per heavy atom. The number of hydrogen-bond donors (Lipinski definition) is 1. The van der Waals surface area contributed by atoms with Crippen molar-refractivity contribution < 1.29 is 0 Å². The van der Waals surface area contributed by atoms with Gasteiger partial charge in [0.15, 0.2) is 0 Å². The summed E-state index contributed by atoms with van der Waals surface area (Å²) in [6, 6.07) is 1.86. The van der Waals surface area contributed by atoms with Gasteiger partial charge >= 0.3 is 0 Å². The van der Waals surface area contributed by atoms with E-state index in [1.807, 2.05) is 26.2 Å². The SMILES string of the molecule is Cc1nn(C)cc1Nc1cc(Br)nc(C(C)C)n1. The van der Waals surface area contributed by atoms with E-state index in [4.69, 9.17) is 0 Å². The number of nitrogens with one attached hydrogen (secondary N) is 1. The summed E-state index contributed by atoms with van der Waals surface area (Å²) in [5.41, 5.74) is 1.90. The molecule has 0 aliphatic heterocycles. The molecule has 2 aromatic heterocycles. The van der Waals surface area contributed by atoms with Gasteiger partial charge in [-0.2, -0.15) is 5.10 Å². The van der Waals surface area contributed by atoms with Crippen LogP contribution < -0.4 is 5.32 Å². The molecule has 2 rings (SSSR count). The number of rotatable bonds is 3. The molecule has 2 heterocycles. The lowest BCUT2D eigenvalue weighted by Gasteiger charge is -2.08. The first kappa shape index (κ1) is 13.0. The van der Waals surface area contributed by atoms with E-state index in [9.17, 15) is 0 Å². The summed E-state index contributed by atoms with van der Waals surface area (Å²) in [5, 5.41) is 7.55. The zero-order chi connectivity index (χ0) is 13.3. The van der Waals surface area contributed by atoms with Crippen LogP contribution in [0.4, 0.5) is 11.5 Å². The molecule has 1 N–H and O–H groups in total. The molecule has 0 unspecified atom stereocenters. The number of aryl methyl sites for hydroxylation is 2. The number of hydrogen-bond acceptors (Lipinski definition) is 4. The molecule has 0 spiro atoms. The van der Waals surface area contributed by atoms with Gasteiger partial charge in [0.2, 0.25) is 0 Å². The van der Waals surface area contributed by atoms with Crippen LogP contribution in [0.3, 0.4) is 0 Å². The van der Waals surface area contributed by atoms with Gasteiger partial charge in [-0.25, -0.2) is 9.97 Å². The van der Waals surface area contributed by atoms with Crippen molar-refractivity contribution in [2.45, 2.75) is 26.7 Å². The molecule has 5 nitrogen and oxygen atoms in total. The number of aromatic nitrogens is 4. The van der Waals surface area contributed by atoms with Crippen molar-refractivity contribution in [1.82, 2.24) is 19.7 Å². The van der Waals surface area contributed by atoms with E-state index in [0.717, 1.165) is 27.6 Å². The molecular weight excluding hydrogens is 294 g/mol. The second-order valence-electron chi connectivity index (χ2n) is 4.52. The third-order valence-electron chi connectivity index (χ3n) is 2.50. The number of anilines is 2. The molecule has 0 saturated heterocycles. The maximum absolute atomic E-state index is 4.49. The zero-order valence-corrected chi connectivity index (χ0v) is 12.5. The van der Waals surface area contributed by atoms with Crippen LogP contribution in [0.5, 0.6) is 0 Å². The lowest BCUT2D eigenvalue weighted by atomic mass is 10.2. The third kappa shape index (κ3) is 2.87. The first-order valence-corrected chi connectivity index (χ1v) is 6.56. The van der Waals surface area contributed by atoms with Crippen molar-refractivity contribution in [2.75, 3.05) is 5.32 Å². The molecule has 0 radical (unpaired) electrons. The molecule has 0 aliphatic carbocycles. The van der Waals surface area contributed by atoms with Crippen molar-refractivity contribution in [3.63, 3.8) is 0 Å². The quantitative estimate of drug-likeness (QED) is 0.885. The van der Waals surface area contributed by atoms with E-state index in [1.165, 1.54) is 0 Å². The van der Waals surface area contributed by atoms with Crippen molar-refractivity contribution >= 4 is 27.4 Å². The molecular formula is C12H16BrN5. The fraction of sp³-hybridized carbons (Fsp3) is 0.417. The Bertz CT molecular complexity index is 562. The maximum Gasteiger partial charge on any atom is 0.135 e. The van der Waals surface area contributed by atoms with Gasteiger partial charge in [0.1, 0.15) is 16.2 Å². The van der Waals surface area contributed by atoms with Gasteiger partial charge in [-0.05, 0) is 22.9 Å². The minimum absolute atomic E-state index is 0.290. The van der Waals surface area contributed by atoms with Crippen molar-refractivity contribution in [1.29, 1.82) is 0 Å². The van der Waals surface area contributed by atoms with Crippen LogP contribution in [-0.4, -0.2) is 19.7 Å². The van der Waals surface area contributed by atoms with Crippen LogP contribution in [0.2, 0.25) is 0 Å². The smallest absolute Gasteiger partial charge is 0.135 e. The fourth-order valence-electron chi connectivity index (χ4n) is 1.62. The molecule has 6 heteroatoms. The zero-order valence-electron chi connectivity index (χ0n) is 10.9.